The molecule has 1 amide bonds. The highest BCUT2D eigenvalue weighted by Crippen LogP contribution is 2.24. The molecule has 0 fully saturated rings. The average molecular weight is 228 g/mol. The SMILES string of the molecule is CCNCC(C)C(=O)NCC(C)(C)C(C)C. The maximum Gasteiger partial charge on any atom is 0.224 e. The number of rotatable bonds is 7. The Morgan fingerprint density at radius 1 is 1.25 bits per heavy atom. The number of carbonyl (C=O) groups is 1. The van der Waals surface area contributed by atoms with E-state index in [0.717, 1.165) is 19.6 Å². The molecule has 0 spiro atoms. The fourth-order valence-electron chi connectivity index (χ4n) is 1.15. The van der Waals surface area contributed by atoms with Crippen LogP contribution in [0, 0.1) is 17.3 Å². The Bertz CT molecular complexity index is 212. The predicted molar refractivity (Wildman–Crippen MR) is 69.3 cm³/mol. The smallest absolute Gasteiger partial charge is 0.224 e. The Hall–Kier alpha value is -0.570. The highest BCUT2D eigenvalue weighted by Gasteiger charge is 2.23. The van der Waals surface area contributed by atoms with E-state index in [2.05, 4.69) is 38.3 Å². The maximum absolute atomic E-state index is 11.8. The first-order valence-electron chi connectivity index (χ1n) is 6.29. The van der Waals surface area contributed by atoms with Crippen molar-refractivity contribution in [2.45, 2.75) is 41.5 Å². The summed E-state index contributed by atoms with van der Waals surface area (Å²) in [6.45, 7) is 15.2. The van der Waals surface area contributed by atoms with E-state index in [9.17, 15) is 4.79 Å². The summed E-state index contributed by atoms with van der Waals surface area (Å²) in [6, 6.07) is 0. The molecule has 96 valence electrons. The van der Waals surface area contributed by atoms with Gasteiger partial charge in [-0.3, -0.25) is 4.79 Å². The van der Waals surface area contributed by atoms with Gasteiger partial charge in [0.1, 0.15) is 0 Å². The molecule has 0 aliphatic carbocycles. The van der Waals surface area contributed by atoms with Crippen LogP contribution in [0.3, 0.4) is 0 Å². The standard InChI is InChI=1S/C13H28N2O/c1-7-14-8-11(4)12(16)15-9-13(5,6)10(2)3/h10-11,14H,7-9H2,1-6H3,(H,15,16). The number of hydrogen-bond donors (Lipinski definition) is 2. The Morgan fingerprint density at radius 2 is 1.81 bits per heavy atom. The fourth-order valence-corrected chi connectivity index (χ4v) is 1.15. The van der Waals surface area contributed by atoms with Crippen LogP contribution in [-0.4, -0.2) is 25.5 Å². The molecular formula is C13H28N2O. The lowest BCUT2D eigenvalue weighted by Crippen LogP contribution is -2.41. The minimum Gasteiger partial charge on any atom is -0.355 e. The zero-order valence-electron chi connectivity index (χ0n) is 11.7. The number of nitrogens with one attached hydrogen (secondary N) is 2. The van der Waals surface area contributed by atoms with Gasteiger partial charge in [-0.05, 0) is 17.9 Å². The normalized spacial score (nSPS) is 13.9. The molecule has 0 aromatic carbocycles. The first kappa shape index (κ1) is 15.4. The van der Waals surface area contributed by atoms with Gasteiger partial charge in [-0.25, -0.2) is 0 Å². The zero-order chi connectivity index (χ0) is 12.8. The number of carbonyl (C=O) groups excluding carboxylic acids is 1. The summed E-state index contributed by atoms with van der Waals surface area (Å²) in [5, 5.41) is 6.22. The highest BCUT2D eigenvalue weighted by molar-refractivity contribution is 5.78. The van der Waals surface area contributed by atoms with Gasteiger partial charge in [-0.1, -0.05) is 41.5 Å². The number of amides is 1. The van der Waals surface area contributed by atoms with E-state index >= 15 is 0 Å². The molecule has 1 atom stereocenters. The quantitative estimate of drug-likeness (QED) is 0.700. The van der Waals surface area contributed by atoms with Gasteiger partial charge in [0, 0.05) is 19.0 Å². The second kappa shape index (κ2) is 6.89. The molecule has 0 aromatic rings. The second-order valence-corrected chi connectivity index (χ2v) is 5.57. The summed E-state index contributed by atoms with van der Waals surface area (Å²) in [5.41, 5.74) is 0.160. The van der Waals surface area contributed by atoms with E-state index in [4.69, 9.17) is 0 Å². The van der Waals surface area contributed by atoms with Crippen LogP contribution in [0.2, 0.25) is 0 Å². The lowest BCUT2D eigenvalue weighted by atomic mass is 9.81. The van der Waals surface area contributed by atoms with Crippen molar-refractivity contribution in [2.75, 3.05) is 19.6 Å². The van der Waals surface area contributed by atoms with Crippen molar-refractivity contribution in [2.24, 2.45) is 17.3 Å². The highest BCUT2D eigenvalue weighted by atomic mass is 16.1. The van der Waals surface area contributed by atoms with Gasteiger partial charge in [0.15, 0.2) is 0 Å². The first-order valence-corrected chi connectivity index (χ1v) is 6.29. The summed E-state index contributed by atoms with van der Waals surface area (Å²) in [5.74, 6) is 0.759. The summed E-state index contributed by atoms with van der Waals surface area (Å²) in [6.07, 6.45) is 0. The summed E-state index contributed by atoms with van der Waals surface area (Å²) in [7, 11) is 0. The van der Waals surface area contributed by atoms with Crippen LogP contribution in [0.25, 0.3) is 0 Å². The molecule has 0 aromatic heterocycles. The molecule has 0 rings (SSSR count). The van der Waals surface area contributed by atoms with Crippen LogP contribution < -0.4 is 10.6 Å². The molecule has 0 aliphatic rings. The maximum atomic E-state index is 11.8. The molecule has 0 saturated carbocycles. The van der Waals surface area contributed by atoms with Crippen molar-refractivity contribution in [3.63, 3.8) is 0 Å². The Balaban J connectivity index is 3.97. The third-order valence-electron chi connectivity index (χ3n) is 3.43. The third kappa shape index (κ3) is 5.50. The molecule has 0 radical (unpaired) electrons. The van der Waals surface area contributed by atoms with Crippen molar-refractivity contribution in [1.29, 1.82) is 0 Å². The van der Waals surface area contributed by atoms with E-state index in [1.54, 1.807) is 0 Å². The van der Waals surface area contributed by atoms with E-state index < -0.39 is 0 Å². The molecule has 0 heterocycles. The van der Waals surface area contributed by atoms with Crippen molar-refractivity contribution in [3.05, 3.63) is 0 Å². The second-order valence-electron chi connectivity index (χ2n) is 5.57. The van der Waals surface area contributed by atoms with Crippen LogP contribution in [0.15, 0.2) is 0 Å². The van der Waals surface area contributed by atoms with E-state index in [1.165, 1.54) is 0 Å². The lowest BCUT2D eigenvalue weighted by Gasteiger charge is -2.30. The van der Waals surface area contributed by atoms with Crippen LogP contribution in [0.4, 0.5) is 0 Å². The van der Waals surface area contributed by atoms with Gasteiger partial charge >= 0.3 is 0 Å². The predicted octanol–water partition coefficient (Wildman–Crippen LogP) is 2.03. The Labute approximate surface area is 100 Å². The third-order valence-corrected chi connectivity index (χ3v) is 3.43. The van der Waals surface area contributed by atoms with E-state index in [-0.39, 0.29) is 17.2 Å². The molecule has 3 nitrogen and oxygen atoms in total. The van der Waals surface area contributed by atoms with Crippen LogP contribution >= 0.6 is 0 Å². The van der Waals surface area contributed by atoms with Crippen molar-refractivity contribution < 1.29 is 4.79 Å². The summed E-state index contributed by atoms with van der Waals surface area (Å²) in [4.78, 5) is 11.8. The van der Waals surface area contributed by atoms with Crippen molar-refractivity contribution in [1.82, 2.24) is 10.6 Å². The first-order chi connectivity index (χ1) is 7.31. The molecule has 0 bridgehead atoms. The van der Waals surface area contributed by atoms with Crippen molar-refractivity contribution >= 4 is 5.91 Å². The van der Waals surface area contributed by atoms with Crippen molar-refractivity contribution in [3.8, 4) is 0 Å². The summed E-state index contributed by atoms with van der Waals surface area (Å²) >= 11 is 0. The van der Waals surface area contributed by atoms with Gasteiger partial charge in [0.05, 0.1) is 0 Å². The molecule has 16 heavy (non-hydrogen) atoms. The largest absolute Gasteiger partial charge is 0.355 e. The van der Waals surface area contributed by atoms with Gasteiger partial charge < -0.3 is 10.6 Å². The molecule has 1 unspecified atom stereocenters. The molecular weight excluding hydrogens is 200 g/mol. The molecule has 0 aliphatic heterocycles. The topological polar surface area (TPSA) is 41.1 Å². The van der Waals surface area contributed by atoms with E-state index in [0.29, 0.717) is 5.92 Å². The minimum absolute atomic E-state index is 0.0444. The molecule has 3 heteroatoms. The van der Waals surface area contributed by atoms with Crippen LogP contribution in [-0.2, 0) is 4.79 Å². The van der Waals surface area contributed by atoms with E-state index in [1.807, 2.05) is 13.8 Å². The molecule has 2 N–H and O–H groups in total. The molecule has 0 saturated heterocycles. The Kier molecular flexibility index (Phi) is 6.65. The van der Waals surface area contributed by atoms with Crippen LogP contribution in [0.5, 0.6) is 0 Å². The Morgan fingerprint density at radius 3 is 2.25 bits per heavy atom. The fraction of sp³-hybridized carbons (Fsp3) is 0.923. The average Bonchev–Trinajstić information content (AvgIpc) is 2.22. The minimum atomic E-state index is 0.0444. The number of hydrogen-bond acceptors (Lipinski definition) is 2. The monoisotopic (exact) mass is 228 g/mol. The van der Waals surface area contributed by atoms with Gasteiger partial charge in [0.2, 0.25) is 5.91 Å². The van der Waals surface area contributed by atoms with Crippen LogP contribution in [0.1, 0.15) is 41.5 Å². The lowest BCUT2D eigenvalue weighted by molar-refractivity contribution is -0.124. The van der Waals surface area contributed by atoms with Gasteiger partial charge in [-0.15, -0.1) is 0 Å². The zero-order valence-corrected chi connectivity index (χ0v) is 11.7. The summed E-state index contributed by atoms with van der Waals surface area (Å²) < 4.78 is 0. The van der Waals surface area contributed by atoms with Gasteiger partial charge in [0.25, 0.3) is 0 Å². The van der Waals surface area contributed by atoms with Gasteiger partial charge in [-0.2, -0.15) is 0 Å².